The van der Waals surface area contributed by atoms with Crippen LogP contribution in [0.3, 0.4) is 0 Å². The number of aromatic nitrogens is 1. The Bertz CT molecular complexity index is 1070. The number of halogens is 3. The lowest BCUT2D eigenvalue weighted by Gasteiger charge is -2.04. The number of amides is 1. The van der Waals surface area contributed by atoms with Crippen molar-refractivity contribution in [3.8, 4) is 0 Å². The van der Waals surface area contributed by atoms with Crippen molar-refractivity contribution in [1.82, 2.24) is 4.57 Å². The number of ether oxygens (including phenoxy) is 1. The van der Waals surface area contributed by atoms with Gasteiger partial charge in [0.1, 0.15) is 12.4 Å². The number of thiophene rings is 1. The van der Waals surface area contributed by atoms with Crippen LogP contribution in [0.25, 0.3) is 10.2 Å². The molecule has 136 valence electrons. The van der Waals surface area contributed by atoms with Crippen LogP contribution in [0.5, 0.6) is 0 Å². The minimum atomic E-state index is -0.848. The van der Waals surface area contributed by atoms with Crippen LogP contribution >= 0.6 is 34.3 Å². The predicted octanol–water partition coefficient (Wildman–Crippen LogP) is 3.54. The van der Waals surface area contributed by atoms with Crippen molar-refractivity contribution >= 4 is 56.4 Å². The molecule has 0 spiro atoms. The number of carbonyl (C=O) groups is 2. The maximum absolute atomic E-state index is 14.2. The van der Waals surface area contributed by atoms with Gasteiger partial charge in [-0.2, -0.15) is 4.99 Å². The molecule has 0 fully saturated rings. The Morgan fingerprint density at radius 3 is 2.69 bits per heavy atom. The average Bonchev–Trinajstić information content (AvgIpc) is 3.11. The van der Waals surface area contributed by atoms with Crippen LogP contribution in [-0.4, -0.2) is 23.6 Å². The first-order chi connectivity index (χ1) is 12.4. The summed E-state index contributed by atoms with van der Waals surface area (Å²) in [5.74, 6) is -2.74. The van der Waals surface area contributed by atoms with E-state index in [1.54, 1.807) is 12.1 Å². The first-order valence-corrected chi connectivity index (χ1v) is 9.25. The van der Waals surface area contributed by atoms with Gasteiger partial charge < -0.3 is 9.30 Å². The molecule has 0 saturated carbocycles. The summed E-state index contributed by atoms with van der Waals surface area (Å²) < 4.78 is 34.3. The van der Waals surface area contributed by atoms with E-state index in [4.69, 9.17) is 11.6 Å². The molecular weight excluding hydrogens is 406 g/mol. The van der Waals surface area contributed by atoms with Crippen LogP contribution in [-0.2, 0) is 27.3 Å². The zero-order valence-corrected chi connectivity index (χ0v) is 15.7. The molecule has 0 aliphatic heterocycles. The molecule has 0 N–H and O–H groups in total. The highest BCUT2D eigenvalue weighted by Gasteiger charge is 2.16. The van der Waals surface area contributed by atoms with E-state index < -0.39 is 23.5 Å². The second kappa shape index (κ2) is 7.65. The van der Waals surface area contributed by atoms with Crippen LogP contribution in [0, 0.1) is 11.6 Å². The van der Waals surface area contributed by atoms with Crippen molar-refractivity contribution in [3.05, 3.63) is 49.9 Å². The van der Waals surface area contributed by atoms with Crippen molar-refractivity contribution in [2.45, 2.75) is 13.0 Å². The number of esters is 1. The van der Waals surface area contributed by atoms with Gasteiger partial charge in [-0.25, -0.2) is 8.78 Å². The van der Waals surface area contributed by atoms with Crippen molar-refractivity contribution in [3.63, 3.8) is 0 Å². The fourth-order valence-corrected chi connectivity index (χ4v) is 4.46. The van der Waals surface area contributed by atoms with E-state index in [0.29, 0.717) is 10.4 Å². The molecule has 0 atom stereocenters. The minimum absolute atomic E-state index is 0.00693. The highest BCUT2D eigenvalue weighted by atomic mass is 35.5. The number of carbonyl (C=O) groups excluding carboxylic acids is 2. The van der Waals surface area contributed by atoms with E-state index in [1.165, 1.54) is 23.0 Å². The number of benzene rings is 1. The van der Waals surface area contributed by atoms with Gasteiger partial charge in [0.05, 0.1) is 28.1 Å². The van der Waals surface area contributed by atoms with E-state index in [9.17, 15) is 18.4 Å². The summed E-state index contributed by atoms with van der Waals surface area (Å²) in [6, 6.07) is 5.22. The molecule has 0 aliphatic carbocycles. The Morgan fingerprint density at radius 1 is 1.27 bits per heavy atom. The smallest absolute Gasteiger partial charge is 0.325 e. The third-order valence-electron chi connectivity index (χ3n) is 3.38. The maximum Gasteiger partial charge on any atom is 0.325 e. The predicted molar refractivity (Wildman–Crippen MR) is 95.4 cm³/mol. The Balaban J connectivity index is 2.08. The van der Waals surface area contributed by atoms with Gasteiger partial charge in [-0.1, -0.05) is 22.9 Å². The SMILES string of the molecule is COC(=O)Cn1c(=NC(=O)Cc2ccc(Cl)s2)sc2cc(F)cc(F)c21. The molecule has 3 aromatic rings. The summed E-state index contributed by atoms with van der Waals surface area (Å²) in [7, 11) is 1.19. The summed E-state index contributed by atoms with van der Waals surface area (Å²) in [4.78, 5) is 28.7. The lowest BCUT2D eigenvalue weighted by molar-refractivity contribution is -0.141. The monoisotopic (exact) mass is 416 g/mol. The van der Waals surface area contributed by atoms with E-state index in [2.05, 4.69) is 9.73 Å². The van der Waals surface area contributed by atoms with Gasteiger partial charge >= 0.3 is 5.97 Å². The van der Waals surface area contributed by atoms with Gasteiger partial charge in [-0.05, 0) is 18.2 Å². The van der Waals surface area contributed by atoms with E-state index in [-0.39, 0.29) is 28.0 Å². The number of hydrogen-bond acceptors (Lipinski definition) is 5. The summed E-state index contributed by atoms with van der Waals surface area (Å²) in [6.07, 6.45) is 0.0146. The lowest BCUT2D eigenvalue weighted by atomic mass is 10.3. The van der Waals surface area contributed by atoms with Crippen LogP contribution in [0.4, 0.5) is 8.78 Å². The molecule has 3 rings (SSSR count). The maximum atomic E-state index is 14.2. The quantitative estimate of drug-likeness (QED) is 0.611. The Labute approximate surface area is 159 Å². The van der Waals surface area contributed by atoms with Gasteiger partial charge in [0, 0.05) is 10.9 Å². The topological polar surface area (TPSA) is 60.7 Å². The molecule has 2 aromatic heterocycles. The zero-order valence-electron chi connectivity index (χ0n) is 13.3. The number of rotatable bonds is 4. The Kier molecular flexibility index (Phi) is 5.49. The number of nitrogens with zero attached hydrogens (tertiary/aromatic N) is 2. The molecule has 1 aromatic carbocycles. The molecule has 0 aliphatic rings. The summed E-state index contributed by atoms with van der Waals surface area (Å²) in [5, 5.41) is 0. The van der Waals surface area contributed by atoms with Crippen molar-refractivity contribution < 1.29 is 23.1 Å². The lowest BCUT2D eigenvalue weighted by Crippen LogP contribution is -2.23. The molecule has 0 unspecified atom stereocenters. The van der Waals surface area contributed by atoms with E-state index >= 15 is 0 Å². The highest BCUT2D eigenvalue weighted by molar-refractivity contribution is 7.16. The summed E-state index contributed by atoms with van der Waals surface area (Å²) in [6.45, 7) is -0.351. The third-order valence-corrected chi connectivity index (χ3v) is 5.64. The molecule has 26 heavy (non-hydrogen) atoms. The summed E-state index contributed by atoms with van der Waals surface area (Å²) in [5.41, 5.74) is -0.00693. The molecule has 0 saturated heterocycles. The molecular formula is C16H11ClF2N2O3S2. The first-order valence-electron chi connectivity index (χ1n) is 7.24. The normalized spacial score (nSPS) is 11.9. The number of hydrogen-bond donors (Lipinski definition) is 0. The molecule has 5 nitrogen and oxygen atoms in total. The molecule has 10 heteroatoms. The van der Waals surface area contributed by atoms with Crippen molar-refractivity contribution in [2.24, 2.45) is 4.99 Å². The van der Waals surface area contributed by atoms with Crippen molar-refractivity contribution in [1.29, 1.82) is 0 Å². The van der Waals surface area contributed by atoms with E-state index in [0.717, 1.165) is 22.3 Å². The molecule has 1 amide bonds. The standard InChI is InChI=1S/C16H11ClF2N2O3S2/c1-24-14(23)7-21-15-10(19)4-8(18)5-11(15)26-16(21)20-13(22)6-9-2-3-12(17)25-9/h2-5H,6-7H2,1H3. The summed E-state index contributed by atoms with van der Waals surface area (Å²) >= 11 is 8.00. The minimum Gasteiger partial charge on any atom is -0.468 e. The van der Waals surface area contributed by atoms with E-state index in [1.807, 2.05) is 0 Å². The zero-order chi connectivity index (χ0) is 18.8. The van der Waals surface area contributed by atoms with Gasteiger partial charge in [-0.3, -0.25) is 9.59 Å². The van der Waals surface area contributed by atoms with Crippen LogP contribution in [0.2, 0.25) is 4.34 Å². The molecule has 0 bridgehead atoms. The molecule has 2 heterocycles. The number of thiazole rings is 1. The number of methoxy groups -OCH3 is 1. The van der Waals surface area contributed by atoms with Crippen molar-refractivity contribution in [2.75, 3.05) is 7.11 Å². The second-order valence-corrected chi connectivity index (χ2v) is 7.98. The fourth-order valence-electron chi connectivity index (χ4n) is 2.30. The van der Waals surface area contributed by atoms with Gasteiger partial charge in [-0.15, -0.1) is 11.3 Å². The highest BCUT2D eigenvalue weighted by Crippen LogP contribution is 2.23. The van der Waals surface area contributed by atoms with Gasteiger partial charge in [0.15, 0.2) is 10.6 Å². The average molecular weight is 417 g/mol. The Morgan fingerprint density at radius 2 is 2.04 bits per heavy atom. The first kappa shape index (κ1) is 18.7. The fraction of sp³-hybridized carbons (Fsp3) is 0.188. The van der Waals surface area contributed by atoms with Gasteiger partial charge in [0.25, 0.3) is 5.91 Å². The second-order valence-electron chi connectivity index (χ2n) is 5.17. The Hall–Kier alpha value is -2.10. The van der Waals surface area contributed by atoms with Crippen LogP contribution < -0.4 is 4.80 Å². The largest absolute Gasteiger partial charge is 0.468 e. The number of fused-ring (bicyclic) bond motifs is 1. The third kappa shape index (κ3) is 4.00. The van der Waals surface area contributed by atoms with Gasteiger partial charge in [0.2, 0.25) is 0 Å². The van der Waals surface area contributed by atoms with Crippen LogP contribution in [0.1, 0.15) is 4.88 Å². The van der Waals surface area contributed by atoms with Crippen LogP contribution in [0.15, 0.2) is 29.3 Å². The molecule has 0 radical (unpaired) electrons.